The lowest BCUT2D eigenvalue weighted by atomic mass is 9.94. The predicted octanol–water partition coefficient (Wildman–Crippen LogP) is 3.28. The molecule has 17 heavy (non-hydrogen) atoms. The third kappa shape index (κ3) is 2.93. The number of hydrogen-bond donors (Lipinski definition) is 1. The van der Waals surface area contributed by atoms with E-state index in [4.69, 9.17) is 16.3 Å². The Morgan fingerprint density at radius 3 is 2.94 bits per heavy atom. The van der Waals surface area contributed by atoms with Gasteiger partial charge >= 0.3 is 0 Å². The van der Waals surface area contributed by atoms with E-state index >= 15 is 0 Å². The van der Waals surface area contributed by atoms with E-state index in [2.05, 4.69) is 12.4 Å². The van der Waals surface area contributed by atoms with Gasteiger partial charge in [0.1, 0.15) is 5.75 Å². The van der Waals surface area contributed by atoms with Gasteiger partial charge in [0.15, 0.2) is 0 Å². The van der Waals surface area contributed by atoms with Crippen LogP contribution in [-0.2, 0) is 6.42 Å². The summed E-state index contributed by atoms with van der Waals surface area (Å²) >= 11 is 6.06. The van der Waals surface area contributed by atoms with Gasteiger partial charge in [0.2, 0.25) is 0 Å². The number of ether oxygens (including phenoxy) is 1. The van der Waals surface area contributed by atoms with Gasteiger partial charge in [-0.1, -0.05) is 18.0 Å². The monoisotopic (exact) mass is 253 g/mol. The van der Waals surface area contributed by atoms with Gasteiger partial charge in [0, 0.05) is 11.1 Å². The maximum absolute atomic E-state index is 6.06. The fourth-order valence-corrected chi connectivity index (χ4v) is 3.05. The number of hydrogen-bond acceptors (Lipinski definition) is 2. The highest BCUT2D eigenvalue weighted by Crippen LogP contribution is 2.32. The van der Waals surface area contributed by atoms with Crippen molar-refractivity contribution >= 4 is 11.6 Å². The molecule has 0 aliphatic heterocycles. The van der Waals surface area contributed by atoms with E-state index in [1.54, 1.807) is 7.11 Å². The second-order valence-electron chi connectivity index (χ2n) is 4.75. The Hall–Kier alpha value is -0.730. The molecule has 2 atom stereocenters. The Bertz CT molecular complexity index is 380. The van der Waals surface area contributed by atoms with Crippen LogP contribution in [0.25, 0.3) is 0 Å². The third-order valence-electron chi connectivity index (χ3n) is 3.75. The zero-order chi connectivity index (χ0) is 12.3. The smallest absolute Gasteiger partial charge is 0.122 e. The lowest BCUT2D eigenvalue weighted by Crippen LogP contribution is -2.30. The Morgan fingerprint density at radius 1 is 1.41 bits per heavy atom. The predicted molar refractivity (Wildman–Crippen MR) is 71.9 cm³/mol. The van der Waals surface area contributed by atoms with Crippen LogP contribution in [0.1, 0.15) is 24.8 Å². The Morgan fingerprint density at radius 2 is 2.24 bits per heavy atom. The first-order chi connectivity index (χ1) is 8.24. The summed E-state index contributed by atoms with van der Waals surface area (Å²) in [5, 5.41) is 4.20. The minimum atomic E-state index is 0.638. The molecule has 1 aromatic rings. The molecule has 1 aliphatic rings. The maximum atomic E-state index is 6.06. The molecular formula is C14H20ClNO. The van der Waals surface area contributed by atoms with Crippen LogP contribution in [-0.4, -0.2) is 20.2 Å². The third-order valence-corrected chi connectivity index (χ3v) is 3.99. The minimum Gasteiger partial charge on any atom is -0.496 e. The van der Waals surface area contributed by atoms with Crippen LogP contribution in [0.15, 0.2) is 18.2 Å². The molecule has 2 rings (SSSR count). The van der Waals surface area contributed by atoms with Crippen molar-refractivity contribution in [2.24, 2.45) is 5.92 Å². The number of benzene rings is 1. The number of halogens is 1. The molecule has 0 amide bonds. The van der Waals surface area contributed by atoms with Gasteiger partial charge in [-0.2, -0.15) is 0 Å². The van der Waals surface area contributed by atoms with Gasteiger partial charge in [-0.25, -0.2) is 0 Å². The number of methoxy groups -OCH3 is 1. The van der Waals surface area contributed by atoms with Gasteiger partial charge in [0.05, 0.1) is 7.11 Å². The number of rotatable bonds is 4. The molecule has 0 spiro atoms. The van der Waals surface area contributed by atoms with Gasteiger partial charge in [-0.05, 0) is 56.0 Å². The van der Waals surface area contributed by atoms with Crippen molar-refractivity contribution in [3.05, 3.63) is 28.8 Å². The second-order valence-corrected chi connectivity index (χ2v) is 5.18. The molecule has 3 heteroatoms. The van der Waals surface area contributed by atoms with Crippen molar-refractivity contribution in [3.8, 4) is 5.75 Å². The van der Waals surface area contributed by atoms with Crippen molar-refractivity contribution in [3.63, 3.8) is 0 Å². The molecule has 0 aromatic heterocycles. The fourth-order valence-electron chi connectivity index (χ4n) is 2.85. The summed E-state index contributed by atoms with van der Waals surface area (Å²) < 4.78 is 5.40. The van der Waals surface area contributed by atoms with Gasteiger partial charge < -0.3 is 10.1 Å². The van der Waals surface area contributed by atoms with Gasteiger partial charge in [-0.15, -0.1) is 0 Å². The first-order valence-corrected chi connectivity index (χ1v) is 6.62. The summed E-state index contributed by atoms with van der Waals surface area (Å²) in [6, 6.07) is 6.51. The van der Waals surface area contributed by atoms with Crippen LogP contribution in [0.4, 0.5) is 0 Å². The molecule has 0 heterocycles. The number of nitrogens with one attached hydrogen (secondary N) is 1. The zero-order valence-electron chi connectivity index (χ0n) is 10.5. The molecule has 1 aliphatic carbocycles. The zero-order valence-corrected chi connectivity index (χ0v) is 11.3. The van der Waals surface area contributed by atoms with Gasteiger partial charge in [-0.3, -0.25) is 0 Å². The Balaban J connectivity index is 2.14. The van der Waals surface area contributed by atoms with E-state index in [-0.39, 0.29) is 0 Å². The largest absolute Gasteiger partial charge is 0.496 e. The van der Waals surface area contributed by atoms with Crippen LogP contribution >= 0.6 is 11.6 Å². The molecule has 1 N–H and O–H groups in total. The molecule has 0 bridgehead atoms. The molecule has 1 aromatic carbocycles. The van der Waals surface area contributed by atoms with Crippen LogP contribution in [0.5, 0.6) is 5.75 Å². The van der Waals surface area contributed by atoms with E-state index in [0.29, 0.717) is 12.0 Å². The van der Waals surface area contributed by atoms with Gasteiger partial charge in [0.25, 0.3) is 0 Å². The van der Waals surface area contributed by atoms with Crippen molar-refractivity contribution in [2.45, 2.75) is 31.7 Å². The van der Waals surface area contributed by atoms with E-state index < -0.39 is 0 Å². The summed E-state index contributed by atoms with van der Waals surface area (Å²) in [4.78, 5) is 0. The van der Waals surface area contributed by atoms with Crippen molar-refractivity contribution in [1.29, 1.82) is 0 Å². The molecule has 0 radical (unpaired) electrons. The maximum Gasteiger partial charge on any atom is 0.122 e. The van der Waals surface area contributed by atoms with Crippen LogP contribution in [0, 0.1) is 5.92 Å². The van der Waals surface area contributed by atoms with Crippen molar-refractivity contribution < 1.29 is 4.74 Å². The van der Waals surface area contributed by atoms with Crippen LogP contribution in [0.2, 0.25) is 5.02 Å². The second kappa shape index (κ2) is 5.74. The summed E-state index contributed by atoms with van der Waals surface area (Å²) in [6.07, 6.45) is 4.94. The normalized spacial score (nSPS) is 23.9. The first kappa shape index (κ1) is 12.7. The summed E-state index contributed by atoms with van der Waals surface area (Å²) in [7, 11) is 3.77. The summed E-state index contributed by atoms with van der Waals surface area (Å²) in [6.45, 7) is 0. The van der Waals surface area contributed by atoms with Crippen LogP contribution in [0.3, 0.4) is 0 Å². The van der Waals surface area contributed by atoms with Crippen molar-refractivity contribution in [2.75, 3.05) is 14.2 Å². The van der Waals surface area contributed by atoms with E-state index in [1.165, 1.54) is 24.8 Å². The topological polar surface area (TPSA) is 21.3 Å². The fraction of sp³-hybridized carbons (Fsp3) is 0.571. The lowest BCUT2D eigenvalue weighted by Gasteiger charge is -2.20. The molecule has 94 valence electrons. The quantitative estimate of drug-likeness (QED) is 0.889. The molecular weight excluding hydrogens is 234 g/mol. The average molecular weight is 254 g/mol. The minimum absolute atomic E-state index is 0.638. The average Bonchev–Trinajstić information content (AvgIpc) is 2.77. The summed E-state index contributed by atoms with van der Waals surface area (Å²) in [5.74, 6) is 1.66. The molecule has 2 nitrogen and oxygen atoms in total. The molecule has 1 saturated carbocycles. The Labute approximate surface area is 108 Å². The highest BCUT2D eigenvalue weighted by atomic mass is 35.5. The standard InChI is InChI=1S/C14H20ClNO/c1-16-13-5-3-4-10(13)8-11-9-12(15)6-7-14(11)17-2/h6-7,9-10,13,16H,3-5,8H2,1-2H3. The molecule has 0 saturated heterocycles. The Kier molecular flexibility index (Phi) is 4.30. The van der Waals surface area contributed by atoms with E-state index in [0.717, 1.165) is 17.2 Å². The SMILES string of the molecule is CNC1CCCC1Cc1cc(Cl)ccc1OC. The van der Waals surface area contributed by atoms with E-state index in [1.807, 2.05) is 18.2 Å². The van der Waals surface area contributed by atoms with Crippen LogP contribution < -0.4 is 10.1 Å². The lowest BCUT2D eigenvalue weighted by molar-refractivity contribution is 0.390. The molecule has 2 unspecified atom stereocenters. The summed E-state index contributed by atoms with van der Waals surface area (Å²) in [5.41, 5.74) is 1.23. The van der Waals surface area contributed by atoms with E-state index in [9.17, 15) is 0 Å². The first-order valence-electron chi connectivity index (χ1n) is 6.24. The van der Waals surface area contributed by atoms with Crippen molar-refractivity contribution in [1.82, 2.24) is 5.32 Å². The highest BCUT2D eigenvalue weighted by Gasteiger charge is 2.26. The molecule has 1 fully saturated rings. The highest BCUT2D eigenvalue weighted by molar-refractivity contribution is 6.30.